The van der Waals surface area contributed by atoms with Crippen molar-refractivity contribution in [2.75, 3.05) is 0 Å². The Morgan fingerprint density at radius 3 is 2.40 bits per heavy atom. The molecule has 3 nitrogen and oxygen atoms in total. The Bertz CT molecular complexity index is 728. The van der Waals surface area contributed by atoms with Crippen LogP contribution in [0.25, 0.3) is 11.1 Å². The second kappa shape index (κ2) is 9.64. The van der Waals surface area contributed by atoms with Crippen molar-refractivity contribution in [3.63, 3.8) is 0 Å². The molecule has 2 rings (SSSR count). The molecule has 0 aliphatic rings. The lowest BCUT2D eigenvalue weighted by Crippen LogP contribution is -2.19. The summed E-state index contributed by atoms with van der Waals surface area (Å²) in [5.41, 5.74) is 3.04. The van der Waals surface area contributed by atoms with Crippen LogP contribution in [0.3, 0.4) is 0 Å². The van der Waals surface area contributed by atoms with Crippen LogP contribution < -0.4 is 0 Å². The summed E-state index contributed by atoms with van der Waals surface area (Å²) in [6.07, 6.45) is 2.20. The summed E-state index contributed by atoms with van der Waals surface area (Å²) in [7, 11) is 0. The number of hydrogen-bond acceptors (Lipinski definition) is 3. The monoisotopic (exact) mass is 376 g/mol. The van der Waals surface area contributed by atoms with Crippen LogP contribution in [0.1, 0.15) is 31.7 Å². The second-order valence-electron chi connectivity index (χ2n) is 5.78. The van der Waals surface area contributed by atoms with Gasteiger partial charge in [-0.3, -0.25) is 9.59 Å². The van der Waals surface area contributed by atoms with E-state index in [0.717, 1.165) is 34.9 Å². The number of halogens is 1. The molecule has 0 heterocycles. The minimum Gasteiger partial charge on any atom is -0.480 e. The van der Waals surface area contributed by atoms with Crippen LogP contribution in [0.5, 0.6) is 0 Å². The van der Waals surface area contributed by atoms with Gasteiger partial charge in [0, 0.05) is 17.0 Å². The van der Waals surface area contributed by atoms with Crippen molar-refractivity contribution in [3.8, 4) is 11.1 Å². The van der Waals surface area contributed by atoms with Gasteiger partial charge in [-0.1, -0.05) is 72.8 Å². The van der Waals surface area contributed by atoms with Crippen molar-refractivity contribution < 1.29 is 14.7 Å². The maximum Gasteiger partial charge on any atom is 0.317 e. The predicted molar refractivity (Wildman–Crippen MR) is 104 cm³/mol. The van der Waals surface area contributed by atoms with Crippen LogP contribution in [0.2, 0.25) is 5.02 Å². The van der Waals surface area contributed by atoms with E-state index in [1.807, 2.05) is 55.5 Å². The van der Waals surface area contributed by atoms with E-state index in [4.69, 9.17) is 11.6 Å². The highest BCUT2D eigenvalue weighted by Gasteiger charge is 2.21. The van der Waals surface area contributed by atoms with Crippen LogP contribution in [-0.4, -0.2) is 21.4 Å². The first-order chi connectivity index (χ1) is 12.0. The summed E-state index contributed by atoms with van der Waals surface area (Å²) in [6.45, 7) is 1.91. The Hall–Kier alpha value is -1.78. The van der Waals surface area contributed by atoms with Gasteiger partial charge in [0.1, 0.15) is 5.25 Å². The highest BCUT2D eigenvalue weighted by Crippen LogP contribution is 2.28. The van der Waals surface area contributed by atoms with Gasteiger partial charge in [0.25, 0.3) is 0 Å². The molecule has 0 bridgehead atoms. The van der Waals surface area contributed by atoms with Gasteiger partial charge in [-0.25, -0.2) is 0 Å². The fourth-order valence-corrected chi connectivity index (χ4v) is 3.72. The molecule has 0 saturated heterocycles. The number of carbonyl (C=O) groups excluding carboxylic acids is 1. The number of aryl methyl sites for hydroxylation is 1. The third-order valence-electron chi connectivity index (χ3n) is 3.84. The normalized spacial score (nSPS) is 11.9. The molecule has 0 saturated carbocycles. The Kier molecular flexibility index (Phi) is 7.53. The Morgan fingerprint density at radius 2 is 1.80 bits per heavy atom. The number of carboxylic acid groups (broad SMARTS) is 1. The highest BCUT2D eigenvalue weighted by atomic mass is 35.5. The predicted octanol–water partition coefficient (Wildman–Crippen LogP) is 5.45. The van der Waals surface area contributed by atoms with Gasteiger partial charge in [0.2, 0.25) is 0 Å². The van der Waals surface area contributed by atoms with Crippen molar-refractivity contribution in [1.82, 2.24) is 0 Å². The van der Waals surface area contributed by atoms with Gasteiger partial charge in [-0.15, -0.1) is 0 Å². The van der Waals surface area contributed by atoms with E-state index in [1.165, 1.54) is 0 Å². The Labute approximate surface area is 157 Å². The second-order valence-corrected chi connectivity index (χ2v) is 7.45. The molecular weight excluding hydrogens is 356 g/mol. The van der Waals surface area contributed by atoms with Crippen LogP contribution in [-0.2, 0) is 16.0 Å². The van der Waals surface area contributed by atoms with Crippen molar-refractivity contribution in [2.24, 2.45) is 0 Å². The minimum atomic E-state index is -0.929. The Morgan fingerprint density at radius 1 is 1.12 bits per heavy atom. The molecule has 2 aromatic carbocycles. The zero-order chi connectivity index (χ0) is 18.2. The molecule has 0 aromatic heterocycles. The molecule has 0 amide bonds. The molecule has 132 valence electrons. The first-order valence-corrected chi connectivity index (χ1v) is 9.53. The molecule has 0 aliphatic heterocycles. The number of carbonyl (C=O) groups is 2. The molecule has 2 aromatic rings. The van der Waals surface area contributed by atoms with E-state index < -0.39 is 11.2 Å². The number of aliphatic carboxylic acids is 1. The maximum absolute atomic E-state index is 11.7. The van der Waals surface area contributed by atoms with Crippen LogP contribution in [0.15, 0.2) is 48.5 Å². The minimum absolute atomic E-state index is 0.0519. The fraction of sp³-hybridized carbons (Fsp3) is 0.300. The number of benzene rings is 2. The summed E-state index contributed by atoms with van der Waals surface area (Å²) in [4.78, 5) is 23.0. The third-order valence-corrected chi connectivity index (χ3v) is 5.36. The van der Waals surface area contributed by atoms with E-state index in [1.54, 1.807) is 0 Å². The van der Waals surface area contributed by atoms with Gasteiger partial charge in [-0.05, 0) is 36.5 Å². The van der Waals surface area contributed by atoms with Crippen LogP contribution >= 0.6 is 23.4 Å². The summed E-state index contributed by atoms with van der Waals surface area (Å²) < 4.78 is 0. The van der Waals surface area contributed by atoms with Crippen molar-refractivity contribution in [1.29, 1.82) is 0 Å². The average molecular weight is 377 g/mol. The lowest BCUT2D eigenvalue weighted by atomic mass is 10.0. The molecule has 5 heteroatoms. The van der Waals surface area contributed by atoms with Crippen molar-refractivity contribution in [2.45, 2.75) is 37.9 Å². The topological polar surface area (TPSA) is 54.4 Å². The van der Waals surface area contributed by atoms with E-state index >= 15 is 0 Å². The molecule has 0 aliphatic carbocycles. The standard InChI is InChI=1S/C20H21ClO3S/c1-2-5-19(22)25-18(20(23)24)13-10-14-8-11-15(12-9-14)16-6-3-4-7-17(16)21/h3-4,6-9,11-12,18H,2,5,10,13H2,1H3,(H,23,24). The molecule has 1 N–H and O–H groups in total. The van der Waals surface area contributed by atoms with Crippen molar-refractivity contribution >= 4 is 34.4 Å². The SMILES string of the molecule is CCCC(=O)SC(CCc1ccc(-c2ccccc2Cl)cc1)C(=O)O. The summed E-state index contributed by atoms with van der Waals surface area (Å²) in [6, 6.07) is 15.6. The molecular formula is C20H21ClO3S. The summed E-state index contributed by atoms with van der Waals surface area (Å²) in [5, 5.41) is 9.26. The summed E-state index contributed by atoms with van der Waals surface area (Å²) >= 11 is 7.15. The zero-order valence-electron chi connectivity index (χ0n) is 14.1. The van der Waals surface area contributed by atoms with Gasteiger partial charge < -0.3 is 5.11 Å². The maximum atomic E-state index is 11.7. The smallest absolute Gasteiger partial charge is 0.317 e. The molecule has 1 atom stereocenters. The number of thioether (sulfide) groups is 1. The van der Waals surface area contributed by atoms with Crippen LogP contribution in [0, 0.1) is 0 Å². The lowest BCUT2D eigenvalue weighted by Gasteiger charge is -2.11. The first-order valence-electron chi connectivity index (χ1n) is 8.27. The quantitative estimate of drug-likeness (QED) is 0.665. The van der Waals surface area contributed by atoms with Gasteiger partial charge in [-0.2, -0.15) is 0 Å². The molecule has 1 unspecified atom stereocenters. The molecule has 25 heavy (non-hydrogen) atoms. The molecule has 0 spiro atoms. The van der Waals surface area contributed by atoms with Gasteiger partial charge >= 0.3 is 5.97 Å². The molecule has 0 radical (unpaired) electrons. The molecule has 0 fully saturated rings. The number of hydrogen-bond donors (Lipinski definition) is 1. The van der Waals surface area contributed by atoms with E-state index in [0.29, 0.717) is 24.3 Å². The number of rotatable bonds is 8. The fourth-order valence-electron chi connectivity index (χ4n) is 2.50. The average Bonchev–Trinajstić information content (AvgIpc) is 2.59. The highest BCUT2D eigenvalue weighted by molar-refractivity contribution is 8.14. The third kappa shape index (κ3) is 5.91. The van der Waals surface area contributed by atoms with E-state index in [9.17, 15) is 14.7 Å². The largest absolute Gasteiger partial charge is 0.480 e. The van der Waals surface area contributed by atoms with E-state index in [2.05, 4.69) is 0 Å². The van der Waals surface area contributed by atoms with Gasteiger partial charge in [0.05, 0.1) is 0 Å². The number of carboxylic acids is 1. The first kappa shape index (κ1) is 19.5. The van der Waals surface area contributed by atoms with Crippen molar-refractivity contribution in [3.05, 3.63) is 59.1 Å². The van der Waals surface area contributed by atoms with Gasteiger partial charge in [0.15, 0.2) is 5.12 Å². The Balaban J connectivity index is 1.99. The summed E-state index contributed by atoms with van der Waals surface area (Å²) in [5.74, 6) is -0.929. The van der Waals surface area contributed by atoms with Crippen LogP contribution in [0.4, 0.5) is 0 Å². The van der Waals surface area contributed by atoms with E-state index in [-0.39, 0.29) is 5.12 Å². The lowest BCUT2D eigenvalue weighted by molar-refractivity contribution is -0.136. The zero-order valence-corrected chi connectivity index (χ0v) is 15.6.